The van der Waals surface area contributed by atoms with Gasteiger partial charge in [0.05, 0.1) is 5.02 Å². The summed E-state index contributed by atoms with van der Waals surface area (Å²) in [6, 6.07) is 11.6. The predicted octanol–water partition coefficient (Wildman–Crippen LogP) is 5.76. The molecule has 21 heavy (non-hydrogen) atoms. The van der Waals surface area contributed by atoms with Gasteiger partial charge < -0.3 is 10.1 Å². The molecular weight excluding hydrogens is 305 g/mol. The summed E-state index contributed by atoms with van der Waals surface area (Å²) in [5.41, 5.74) is 2.15. The lowest BCUT2D eigenvalue weighted by Crippen LogP contribution is -2.17. The van der Waals surface area contributed by atoms with E-state index in [1.807, 2.05) is 43.3 Å². The van der Waals surface area contributed by atoms with Crippen LogP contribution < -0.4 is 10.1 Å². The Kier molecular flexibility index (Phi) is 5.51. The number of rotatable bonds is 5. The zero-order chi connectivity index (χ0) is 15.4. The fourth-order valence-corrected chi connectivity index (χ4v) is 2.76. The monoisotopic (exact) mass is 323 g/mol. The van der Waals surface area contributed by atoms with Crippen LogP contribution in [-0.4, -0.2) is 6.54 Å². The molecule has 0 aliphatic carbocycles. The Morgan fingerprint density at radius 1 is 1.10 bits per heavy atom. The molecular formula is C17H19Cl2NO. The van der Waals surface area contributed by atoms with Crippen LogP contribution in [0.5, 0.6) is 11.5 Å². The molecule has 112 valence electrons. The number of nitrogens with one attached hydrogen (secondary N) is 1. The highest BCUT2D eigenvalue weighted by Crippen LogP contribution is 2.33. The second-order valence-corrected chi connectivity index (χ2v) is 5.81. The summed E-state index contributed by atoms with van der Waals surface area (Å²) in [7, 11) is 0. The SMILES string of the molecule is CCNC(C)c1ccc(Oc2ccc(C)cc2Cl)cc1Cl. The molecule has 1 N–H and O–H groups in total. The average Bonchev–Trinajstić information content (AvgIpc) is 2.42. The molecule has 0 aromatic heterocycles. The van der Waals surface area contributed by atoms with Gasteiger partial charge in [0.2, 0.25) is 0 Å². The Balaban J connectivity index is 2.20. The first-order valence-electron chi connectivity index (χ1n) is 6.98. The summed E-state index contributed by atoms with van der Waals surface area (Å²) in [6.07, 6.45) is 0. The Hall–Kier alpha value is -1.22. The van der Waals surface area contributed by atoms with E-state index in [1.54, 1.807) is 0 Å². The molecule has 2 aromatic rings. The van der Waals surface area contributed by atoms with E-state index in [4.69, 9.17) is 27.9 Å². The topological polar surface area (TPSA) is 21.3 Å². The first-order valence-corrected chi connectivity index (χ1v) is 7.73. The molecule has 0 aliphatic rings. The van der Waals surface area contributed by atoms with Gasteiger partial charge in [-0.25, -0.2) is 0 Å². The molecule has 4 heteroatoms. The maximum absolute atomic E-state index is 6.34. The maximum atomic E-state index is 6.34. The molecule has 0 radical (unpaired) electrons. The van der Waals surface area contributed by atoms with Crippen LogP contribution in [0.1, 0.15) is 31.0 Å². The lowest BCUT2D eigenvalue weighted by Gasteiger charge is -2.15. The molecule has 2 nitrogen and oxygen atoms in total. The van der Waals surface area contributed by atoms with E-state index >= 15 is 0 Å². The van der Waals surface area contributed by atoms with E-state index in [-0.39, 0.29) is 6.04 Å². The van der Waals surface area contributed by atoms with Crippen molar-refractivity contribution < 1.29 is 4.74 Å². The highest BCUT2D eigenvalue weighted by atomic mass is 35.5. The minimum absolute atomic E-state index is 0.208. The van der Waals surface area contributed by atoms with Gasteiger partial charge in [0, 0.05) is 11.1 Å². The minimum Gasteiger partial charge on any atom is -0.456 e. The van der Waals surface area contributed by atoms with E-state index < -0.39 is 0 Å². The highest BCUT2D eigenvalue weighted by molar-refractivity contribution is 6.32. The molecule has 0 fully saturated rings. The first kappa shape index (κ1) is 16.2. The second-order valence-electron chi connectivity index (χ2n) is 5.00. The largest absolute Gasteiger partial charge is 0.456 e. The molecule has 0 amide bonds. The lowest BCUT2D eigenvalue weighted by atomic mass is 10.1. The van der Waals surface area contributed by atoms with Crippen molar-refractivity contribution in [3.8, 4) is 11.5 Å². The number of ether oxygens (including phenoxy) is 1. The van der Waals surface area contributed by atoms with Crippen LogP contribution in [0, 0.1) is 6.92 Å². The van der Waals surface area contributed by atoms with Gasteiger partial charge in [-0.05, 0) is 55.8 Å². The molecule has 0 saturated heterocycles. The quantitative estimate of drug-likeness (QED) is 0.754. The molecule has 2 aromatic carbocycles. The third kappa shape index (κ3) is 4.13. The maximum Gasteiger partial charge on any atom is 0.146 e. The van der Waals surface area contributed by atoms with Gasteiger partial charge in [0.25, 0.3) is 0 Å². The number of hydrogen-bond donors (Lipinski definition) is 1. The van der Waals surface area contributed by atoms with Gasteiger partial charge >= 0.3 is 0 Å². The third-order valence-corrected chi connectivity index (χ3v) is 3.89. The van der Waals surface area contributed by atoms with Crippen LogP contribution in [0.25, 0.3) is 0 Å². The predicted molar refractivity (Wildman–Crippen MR) is 89.8 cm³/mol. The van der Waals surface area contributed by atoms with Crippen molar-refractivity contribution >= 4 is 23.2 Å². The second kappa shape index (κ2) is 7.17. The zero-order valence-electron chi connectivity index (χ0n) is 12.4. The highest BCUT2D eigenvalue weighted by Gasteiger charge is 2.10. The molecule has 0 spiro atoms. The summed E-state index contributed by atoms with van der Waals surface area (Å²) in [5.74, 6) is 1.31. The van der Waals surface area contributed by atoms with E-state index in [1.165, 1.54) is 0 Å². The standard InChI is InChI=1S/C17H19Cl2NO/c1-4-20-12(3)14-7-6-13(10-15(14)18)21-17-8-5-11(2)9-16(17)19/h5-10,12,20H,4H2,1-3H3. The summed E-state index contributed by atoms with van der Waals surface area (Å²) in [6.45, 7) is 7.04. The van der Waals surface area contributed by atoms with Crippen molar-refractivity contribution in [2.24, 2.45) is 0 Å². The van der Waals surface area contributed by atoms with Crippen LogP contribution in [0.15, 0.2) is 36.4 Å². The molecule has 0 aliphatic heterocycles. The average molecular weight is 324 g/mol. The molecule has 2 rings (SSSR count). The van der Waals surface area contributed by atoms with Crippen molar-refractivity contribution in [3.05, 3.63) is 57.6 Å². The van der Waals surface area contributed by atoms with Crippen molar-refractivity contribution in [3.63, 3.8) is 0 Å². The smallest absolute Gasteiger partial charge is 0.146 e. The van der Waals surface area contributed by atoms with E-state index in [0.29, 0.717) is 21.5 Å². The first-order chi connectivity index (χ1) is 10.0. The van der Waals surface area contributed by atoms with Crippen LogP contribution in [-0.2, 0) is 0 Å². The summed E-state index contributed by atoms with van der Waals surface area (Å²) >= 11 is 12.5. The summed E-state index contributed by atoms with van der Waals surface area (Å²) in [4.78, 5) is 0. The Morgan fingerprint density at radius 2 is 1.86 bits per heavy atom. The van der Waals surface area contributed by atoms with Gasteiger partial charge in [-0.3, -0.25) is 0 Å². The molecule has 0 saturated carbocycles. The Labute approximate surface area is 136 Å². The minimum atomic E-state index is 0.208. The van der Waals surface area contributed by atoms with Crippen LogP contribution in [0.3, 0.4) is 0 Å². The van der Waals surface area contributed by atoms with E-state index in [2.05, 4.69) is 19.2 Å². The molecule has 0 heterocycles. The van der Waals surface area contributed by atoms with Gasteiger partial charge in [0.15, 0.2) is 0 Å². The van der Waals surface area contributed by atoms with E-state index in [9.17, 15) is 0 Å². The number of benzene rings is 2. The van der Waals surface area contributed by atoms with Crippen LogP contribution in [0.2, 0.25) is 10.0 Å². The summed E-state index contributed by atoms with van der Waals surface area (Å²) in [5, 5.41) is 4.62. The van der Waals surface area contributed by atoms with E-state index in [0.717, 1.165) is 17.7 Å². The zero-order valence-corrected chi connectivity index (χ0v) is 13.9. The van der Waals surface area contributed by atoms with Crippen molar-refractivity contribution in [2.75, 3.05) is 6.54 Å². The van der Waals surface area contributed by atoms with Crippen molar-refractivity contribution in [1.29, 1.82) is 0 Å². The molecule has 0 bridgehead atoms. The van der Waals surface area contributed by atoms with Crippen molar-refractivity contribution in [2.45, 2.75) is 26.8 Å². The normalized spacial score (nSPS) is 12.2. The number of hydrogen-bond acceptors (Lipinski definition) is 2. The van der Waals surface area contributed by atoms with Gasteiger partial charge in [-0.15, -0.1) is 0 Å². The van der Waals surface area contributed by atoms with Gasteiger partial charge in [-0.2, -0.15) is 0 Å². The molecule has 1 unspecified atom stereocenters. The fourth-order valence-electron chi connectivity index (χ4n) is 2.15. The lowest BCUT2D eigenvalue weighted by molar-refractivity contribution is 0.482. The Morgan fingerprint density at radius 3 is 2.48 bits per heavy atom. The van der Waals surface area contributed by atoms with Crippen molar-refractivity contribution in [1.82, 2.24) is 5.32 Å². The van der Waals surface area contributed by atoms with Gasteiger partial charge in [-0.1, -0.05) is 42.3 Å². The Bertz CT molecular complexity index is 628. The number of halogens is 2. The van der Waals surface area contributed by atoms with Crippen LogP contribution >= 0.6 is 23.2 Å². The van der Waals surface area contributed by atoms with Crippen LogP contribution in [0.4, 0.5) is 0 Å². The summed E-state index contributed by atoms with van der Waals surface area (Å²) < 4.78 is 5.80. The fraction of sp³-hybridized carbons (Fsp3) is 0.294. The molecule has 1 atom stereocenters. The van der Waals surface area contributed by atoms with Gasteiger partial charge in [0.1, 0.15) is 11.5 Å². The number of aryl methyl sites for hydroxylation is 1. The third-order valence-electron chi connectivity index (χ3n) is 3.26.